The van der Waals surface area contributed by atoms with Gasteiger partial charge in [0.1, 0.15) is 0 Å². The maximum Gasteiger partial charge on any atom is 0.229 e. The van der Waals surface area contributed by atoms with Gasteiger partial charge < -0.3 is 0 Å². The van der Waals surface area contributed by atoms with Gasteiger partial charge in [-0.15, -0.1) is 0 Å². The molecule has 0 atom stereocenters. The Morgan fingerprint density at radius 2 is 1.85 bits per heavy atom. The Kier molecular flexibility index (Phi) is 2.61. The highest BCUT2D eigenvalue weighted by molar-refractivity contribution is 7.92. The van der Waals surface area contributed by atoms with Crippen molar-refractivity contribution in [1.82, 2.24) is 0 Å². The average molecular weight is 199 g/mol. The van der Waals surface area contributed by atoms with Crippen molar-refractivity contribution in [3.05, 3.63) is 29.3 Å². The van der Waals surface area contributed by atoms with E-state index < -0.39 is 10.0 Å². The average Bonchev–Trinajstić information content (AvgIpc) is 1.94. The lowest BCUT2D eigenvalue weighted by molar-refractivity contribution is 0.607. The van der Waals surface area contributed by atoms with E-state index in [4.69, 9.17) is 0 Å². The van der Waals surface area contributed by atoms with E-state index in [0.717, 1.165) is 17.4 Å². The third-order valence-electron chi connectivity index (χ3n) is 1.69. The summed E-state index contributed by atoms with van der Waals surface area (Å²) in [6.07, 6.45) is 1.15. The molecule has 0 fully saturated rings. The Labute approximate surface area is 78.8 Å². The summed E-state index contributed by atoms with van der Waals surface area (Å²) in [5, 5.41) is 0. The maximum absolute atomic E-state index is 11.0. The van der Waals surface area contributed by atoms with Gasteiger partial charge in [-0.25, -0.2) is 8.42 Å². The second-order valence-electron chi connectivity index (χ2n) is 3.19. The Morgan fingerprint density at radius 1 is 1.23 bits per heavy atom. The van der Waals surface area contributed by atoms with Gasteiger partial charge in [-0.05, 0) is 31.0 Å². The molecule has 0 bridgehead atoms. The van der Waals surface area contributed by atoms with Crippen LogP contribution in [0.4, 0.5) is 5.69 Å². The molecular weight excluding hydrogens is 186 g/mol. The topological polar surface area (TPSA) is 46.2 Å². The van der Waals surface area contributed by atoms with Crippen LogP contribution >= 0.6 is 0 Å². The number of nitrogens with one attached hydrogen (secondary N) is 1. The number of aryl methyl sites for hydroxylation is 2. The van der Waals surface area contributed by atoms with Gasteiger partial charge in [-0.1, -0.05) is 12.1 Å². The Balaban J connectivity index is 3.08. The lowest BCUT2D eigenvalue weighted by Crippen LogP contribution is -2.10. The monoisotopic (exact) mass is 199 g/mol. The molecule has 0 unspecified atom stereocenters. The highest BCUT2D eigenvalue weighted by Crippen LogP contribution is 2.16. The van der Waals surface area contributed by atoms with Crippen LogP contribution in [0, 0.1) is 13.8 Å². The largest absolute Gasteiger partial charge is 0.284 e. The Bertz CT molecular complexity index is 410. The molecule has 0 saturated carbocycles. The first-order valence-corrected chi connectivity index (χ1v) is 5.83. The second kappa shape index (κ2) is 3.38. The summed E-state index contributed by atoms with van der Waals surface area (Å²) < 4.78 is 24.4. The summed E-state index contributed by atoms with van der Waals surface area (Å²) in [6, 6.07) is 5.65. The fourth-order valence-electron chi connectivity index (χ4n) is 1.05. The third kappa shape index (κ3) is 3.06. The van der Waals surface area contributed by atoms with E-state index >= 15 is 0 Å². The summed E-state index contributed by atoms with van der Waals surface area (Å²) in [4.78, 5) is 0. The van der Waals surface area contributed by atoms with E-state index in [2.05, 4.69) is 4.72 Å². The smallest absolute Gasteiger partial charge is 0.229 e. The van der Waals surface area contributed by atoms with Gasteiger partial charge in [-0.2, -0.15) is 0 Å². The van der Waals surface area contributed by atoms with Crippen molar-refractivity contribution in [2.45, 2.75) is 13.8 Å². The molecule has 1 aromatic carbocycles. The van der Waals surface area contributed by atoms with E-state index in [-0.39, 0.29) is 0 Å². The van der Waals surface area contributed by atoms with Crippen molar-refractivity contribution in [3.8, 4) is 0 Å². The molecule has 0 amide bonds. The zero-order valence-corrected chi connectivity index (χ0v) is 8.77. The predicted octanol–water partition coefficient (Wildman–Crippen LogP) is 1.67. The van der Waals surface area contributed by atoms with E-state index in [1.165, 1.54) is 0 Å². The zero-order valence-electron chi connectivity index (χ0n) is 7.96. The summed E-state index contributed by atoms with van der Waals surface area (Å²) >= 11 is 0. The first kappa shape index (κ1) is 10.1. The summed E-state index contributed by atoms with van der Waals surface area (Å²) in [5.41, 5.74) is 2.62. The van der Waals surface area contributed by atoms with Crippen LogP contribution in [0.2, 0.25) is 0 Å². The molecule has 72 valence electrons. The van der Waals surface area contributed by atoms with E-state index in [0.29, 0.717) is 5.69 Å². The summed E-state index contributed by atoms with van der Waals surface area (Å²) in [5.74, 6) is 0. The number of benzene rings is 1. The van der Waals surface area contributed by atoms with Crippen LogP contribution in [-0.2, 0) is 10.0 Å². The molecule has 13 heavy (non-hydrogen) atoms. The van der Waals surface area contributed by atoms with Gasteiger partial charge in [0.05, 0.1) is 11.9 Å². The molecule has 0 heterocycles. The number of hydrogen-bond donors (Lipinski definition) is 1. The molecule has 3 nitrogen and oxygen atoms in total. The van der Waals surface area contributed by atoms with E-state index in [1.807, 2.05) is 32.0 Å². The fourth-order valence-corrected chi connectivity index (χ4v) is 1.66. The lowest BCUT2D eigenvalue weighted by atomic mass is 10.1. The van der Waals surface area contributed by atoms with Gasteiger partial charge in [0, 0.05) is 0 Å². The van der Waals surface area contributed by atoms with Crippen LogP contribution < -0.4 is 4.72 Å². The minimum Gasteiger partial charge on any atom is -0.284 e. The fraction of sp³-hybridized carbons (Fsp3) is 0.333. The van der Waals surface area contributed by atoms with Crippen molar-refractivity contribution in [2.75, 3.05) is 11.0 Å². The molecule has 1 N–H and O–H groups in total. The zero-order chi connectivity index (χ0) is 10.1. The van der Waals surface area contributed by atoms with Crippen molar-refractivity contribution < 1.29 is 8.42 Å². The molecule has 1 rings (SSSR count). The van der Waals surface area contributed by atoms with Crippen molar-refractivity contribution in [1.29, 1.82) is 0 Å². The van der Waals surface area contributed by atoms with Crippen LogP contribution in [0.3, 0.4) is 0 Å². The van der Waals surface area contributed by atoms with Gasteiger partial charge in [0.15, 0.2) is 0 Å². The quantitative estimate of drug-likeness (QED) is 0.787. The molecule has 0 aliphatic carbocycles. The van der Waals surface area contributed by atoms with Crippen LogP contribution in [0.1, 0.15) is 11.1 Å². The predicted molar refractivity (Wildman–Crippen MR) is 54.4 cm³/mol. The number of hydrogen-bond acceptors (Lipinski definition) is 2. The number of sulfonamides is 1. The summed E-state index contributed by atoms with van der Waals surface area (Å²) in [6.45, 7) is 3.79. The van der Waals surface area contributed by atoms with Gasteiger partial charge in [-0.3, -0.25) is 4.72 Å². The van der Waals surface area contributed by atoms with Crippen molar-refractivity contribution >= 4 is 15.7 Å². The van der Waals surface area contributed by atoms with Crippen LogP contribution in [0.5, 0.6) is 0 Å². The molecule has 0 saturated heterocycles. The van der Waals surface area contributed by atoms with Crippen molar-refractivity contribution in [3.63, 3.8) is 0 Å². The third-order valence-corrected chi connectivity index (χ3v) is 2.28. The molecule has 1 aromatic rings. The first-order chi connectivity index (χ1) is 5.88. The Hall–Kier alpha value is -1.03. The molecule has 4 heteroatoms. The van der Waals surface area contributed by atoms with Gasteiger partial charge in [0.2, 0.25) is 10.0 Å². The molecule has 0 radical (unpaired) electrons. The highest BCUT2D eigenvalue weighted by atomic mass is 32.2. The number of anilines is 1. The highest BCUT2D eigenvalue weighted by Gasteiger charge is 2.04. The molecule has 0 aliphatic rings. The van der Waals surface area contributed by atoms with Crippen LogP contribution in [0.25, 0.3) is 0 Å². The van der Waals surface area contributed by atoms with E-state index in [9.17, 15) is 8.42 Å². The second-order valence-corrected chi connectivity index (χ2v) is 4.94. The van der Waals surface area contributed by atoms with Crippen LogP contribution in [0.15, 0.2) is 18.2 Å². The Morgan fingerprint density at radius 3 is 2.38 bits per heavy atom. The SMILES string of the molecule is Cc1ccc(C)c(NS(C)(=O)=O)c1. The van der Waals surface area contributed by atoms with Crippen molar-refractivity contribution in [2.24, 2.45) is 0 Å². The standard InChI is InChI=1S/C9H13NO2S/c1-7-4-5-8(2)9(6-7)10-13(3,11)12/h4-6,10H,1-3H3. The van der Waals surface area contributed by atoms with Crippen LogP contribution in [-0.4, -0.2) is 14.7 Å². The normalized spacial score (nSPS) is 11.3. The van der Waals surface area contributed by atoms with Gasteiger partial charge >= 0.3 is 0 Å². The van der Waals surface area contributed by atoms with E-state index in [1.54, 1.807) is 0 Å². The summed E-state index contributed by atoms with van der Waals surface area (Å²) in [7, 11) is -3.17. The minimum absolute atomic E-state index is 0.655. The molecule has 0 aliphatic heterocycles. The molecule has 0 spiro atoms. The lowest BCUT2D eigenvalue weighted by Gasteiger charge is -2.07. The molecule has 0 aromatic heterocycles. The maximum atomic E-state index is 11.0. The first-order valence-electron chi connectivity index (χ1n) is 3.93. The minimum atomic E-state index is -3.17. The van der Waals surface area contributed by atoms with Gasteiger partial charge in [0.25, 0.3) is 0 Å². The number of rotatable bonds is 2. The molecular formula is C9H13NO2S.